The van der Waals surface area contributed by atoms with Crippen LogP contribution >= 0.6 is 7.14 Å². The average molecular weight is 413 g/mol. The van der Waals surface area contributed by atoms with Gasteiger partial charge in [0, 0.05) is 29.8 Å². The number of benzene rings is 1. The van der Waals surface area contributed by atoms with E-state index >= 15 is 0 Å². The lowest BCUT2D eigenvalue weighted by Gasteiger charge is -2.24. The van der Waals surface area contributed by atoms with Gasteiger partial charge in [-0.3, -0.25) is 0 Å². The van der Waals surface area contributed by atoms with Gasteiger partial charge in [0.1, 0.15) is 18.5 Å². The van der Waals surface area contributed by atoms with Gasteiger partial charge in [0.15, 0.2) is 0 Å². The van der Waals surface area contributed by atoms with Crippen LogP contribution in [-0.4, -0.2) is 42.4 Å². The van der Waals surface area contributed by atoms with E-state index in [-0.39, 0.29) is 17.8 Å². The van der Waals surface area contributed by atoms with E-state index < -0.39 is 18.9 Å². The third-order valence-electron chi connectivity index (χ3n) is 4.45. The maximum atomic E-state index is 13.4. The maximum Gasteiger partial charge on any atom is 0.421 e. The number of piperidine rings is 1. The third-order valence-corrected chi connectivity index (χ3v) is 5.98. The van der Waals surface area contributed by atoms with Crippen LogP contribution in [0.3, 0.4) is 0 Å². The Labute approximate surface area is 161 Å². The quantitative estimate of drug-likeness (QED) is 0.650. The minimum atomic E-state index is -4.60. The smallest absolute Gasteiger partial charge is 0.350 e. The number of rotatable bonds is 5. The fraction of sp³-hybridized carbons (Fsp3) is 0.444. The number of hydrogen-bond donors (Lipinski definition) is 3. The van der Waals surface area contributed by atoms with Gasteiger partial charge in [-0.15, -0.1) is 0 Å². The molecule has 0 amide bonds. The van der Waals surface area contributed by atoms with Crippen LogP contribution in [0.2, 0.25) is 0 Å². The number of aromatic nitrogens is 2. The highest BCUT2D eigenvalue weighted by molar-refractivity contribution is 7.70. The van der Waals surface area contributed by atoms with Crippen molar-refractivity contribution < 1.29 is 17.7 Å². The molecule has 1 atom stereocenters. The Morgan fingerprint density at radius 3 is 2.71 bits per heavy atom. The molecule has 1 aromatic heterocycles. The molecule has 152 valence electrons. The Hall–Kier alpha value is -2.12. The minimum Gasteiger partial charge on any atom is -0.350 e. The summed E-state index contributed by atoms with van der Waals surface area (Å²) in [5, 5.41) is 9.61. The first kappa shape index (κ1) is 20.6. The Morgan fingerprint density at radius 2 is 2.07 bits per heavy atom. The van der Waals surface area contributed by atoms with E-state index in [2.05, 4.69) is 25.9 Å². The SMILES string of the molecule is CP(C)(=O)c1cccc(Nc2nc(NC3CCCNC3)ncc2C(F)(F)F)c1. The van der Waals surface area contributed by atoms with Crippen LogP contribution in [0.1, 0.15) is 18.4 Å². The van der Waals surface area contributed by atoms with Crippen molar-refractivity contribution in [2.75, 3.05) is 37.1 Å². The Bertz CT molecular complexity index is 878. The van der Waals surface area contributed by atoms with Crippen LogP contribution in [0, 0.1) is 0 Å². The van der Waals surface area contributed by atoms with Crippen molar-refractivity contribution in [3.8, 4) is 0 Å². The molecule has 3 rings (SSSR count). The Morgan fingerprint density at radius 1 is 1.29 bits per heavy atom. The summed E-state index contributed by atoms with van der Waals surface area (Å²) >= 11 is 0. The van der Waals surface area contributed by atoms with Crippen LogP contribution in [0.4, 0.5) is 30.6 Å². The van der Waals surface area contributed by atoms with Crippen LogP contribution in [0.25, 0.3) is 0 Å². The number of alkyl halides is 3. The van der Waals surface area contributed by atoms with Gasteiger partial charge in [0.25, 0.3) is 0 Å². The van der Waals surface area contributed by atoms with Crippen molar-refractivity contribution in [2.24, 2.45) is 0 Å². The lowest BCUT2D eigenvalue weighted by molar-refractivity contribution is -0.137. The highest BCUT2D eigenvalue weighted by Crippen LogP contribution is 2.37. The van der Waals surface area contributed by atoms with Gasteiger partial charge in [0.05, 0.1) is 0 Å². The van der Waals surface area contributed by atoms with Crippen molar-refractivity contribution in [3.63, 3.8) is 0 Å². The molecule has 2 heterocycles. The molecular weight excluding hydrogens is 390 g/mol. The molecule has 0 saturated carbocycles. The average Bonchev–Trinajstić information content (AvgIpc) is 2.61. The van der Waals surface area contributed by atoms with Crippen molar-refractivity contribution >= 4 is 29.9 Å². The molecular formula is C18H23F3N5OP. The summed E-state index contributed by atoms with van der Waals surface area (Å²) in [6.07, 6.45) is -1.95. The second-order valence-electron chi connectivity index (χ2n) is 7.17. The fourth-order valence-corrected chi connectivity index (χ4v) is 3.86. The molecule has 1 aliphatic rings. The van der Waals surface area contributed by atoms with Gasteiger partial charge in [0.2, 0.25) is 5.95 Å². The summed E-state index contributed by atoms with van der Waals surface area (Å²) in [7, 11) is -2.54. The van der Waals surface area contributed by atoms with E-state index in [1.165, 1.54) is 0 Å². The number of nitrogens with zero attached hydrogens (tertiary/aromatic N) is 2. The number of nitrogens with one attached hydrogen (secondary N) is 3. The molecule has 6 nitrogen and oxygen atoms in total. The predicted molar refractivity (Wildman–Crippen MR) is 105 cm³/mol. The molecule has 1 aliphatic heterocycles. The second kappa shape index (κ2) is 8.09. The van der Waals surface area contributed by atoms with E-state index in [9.17, 15) is 17.7 Å². The lowest BCUT2D eigenvalue weighted by Crippen LogP contribution is -2.38. The van der Waals surface area contributed by atoms with Crippen molar-refractivity contribution in [1.82, 2.24) is 15.3 Å². The van der Waals surface area contributed by atoms with Gasteiger partial charge in [-0.2, -0.15) is 18.2 Å². The molecule has 10 heteroatoms. The molecule has 1 fully saturated rings. The van der Waals surface area contributed by atoms with E-state index in [0.29, 0.717) is 17.5 Å². The first-order chi connectivity index (χ1) is 13.1. The standard InChI is InChI=1S/C18H23F3N5OP/c1-28(2,27)14-7-3-5-12(9-14)24-16-15(18(19,20)21)11-23-17(26-16)25-13-6-4-8-22-10-13/h3,5,7,9,11,13,22H,4,6,8,10H2,1-2H3,(H2,23,24,25,26). The third kappa shape index (κ3) is 5.23. The predicted octanol–water partition coefficient (Wildman–Crippen LogP) is 3.65. The van der Waals surface area contributed by atoms with Crippen LogP contribution < -0.4 is 21.3 Å². The lowest BCUT2D eigenvalue weighted by atomic mass is 10.1. The van der Waals surface area contributed by atoms with Gasteiger partial charge in [-0.05, 0) is 44.8 Å². The highest BCUT2D eigenvalue weighted by Gasteiger charge is 2.35. The van der Waals surface area contributed by atoms with Gasteiger partial charge < -0.3 is 20.5 Å². The minimum absolute atomic E-state index is 0.0627. The molecule has 1 saturated heterocycles. The summed E-state index contributed by atoms with van der Waals surface area (Å²) in [6, 6.07) is 6.60. The van der Waals surface area contributed by atoms with Crippen LogP contribution in [0.15, 0.2) is 30.5 Å². The zero-order valence-electron chi connectivity index (χ0n) is 15.7. The van der Waals surface area contributed by atoms with Gasteiger partial charge in [-0.1, -0.05) is 12.1 Å². The van der Waals surface area contributed by atoms with Gasteiger partial charge in [-0.25, -0.2) is 4.98 Å². The van der Waals surface area contributed by atoms with Crippen LogP contribution in [0.5, 0.6) is 0 Å². The summed E-state index contributed by atoms with van der Waals surface area (Å²) < 4.78 is 52.5. The molecule has 0 radical (unpaired) electrons. The molecule has 0 spiro atoms. The van der Waals surface area contributed by atoms with E-state index in [4.69, 9.17) is 0 Å². The summed E-state index contributed by atoms with van der Waals surface area (Å²) in [5.74, 6) is -0.204. The van der Waals surface area contributed by atoms with Crippen molar-refractivity contribution in [2.45, 2.75) is 25.1 Å². The highest BCUT2D eigenvalue weighted by atomic mass is 31.2. The van der Waals surface area contributed by atoms with E-state index in [1.54, 1.807) is 37.6 Å². The largest absolute Gasteiger partial charge is 0.421 e. The van der Waals surface area contributed by atoms with Gasteiger partial charge >= 0.3 is 6.18 Å². The molecule has 0 aliphatic carbocycles. The van der Waals surface area contributed by atoms with E-state index in [1.807, 2.05) is 0 Å². The van der Waals surface area contributed by atoms with Crippen LogP contribution in [-0.2, 0) is 10.7 Å². The summed E-state index contributed by atoms with van der Waals surface area (Å²) in [4.78, 5) is 7.91. The number of hydrogen-bond acceptors (Lipinski definition) is 6. The first-order valence-corrected chi connectivity index (χ1v) is 11.6. The second-order valence-corrected chi connectivity index (χ2v) is 10.4. The van der Waals surface area contributed by atoms with Crippen molar-refractivity contribution in [3.05, 3.63) is 36.0 Å². The molecule has 1 aromatic carbocycles. The number of anilines is 3. The first-order valence-electron chi connectivity index (χ1n) is 8.97. The normalized spacial score (nSPS) is 18.0. The zero-order valence-corrected chi connectivity index (χ0v) is 16.6. The molecule has 2 aromatic rings. The molecule has 3 N–H and O–H groups in total. The molecule has 1 unspecified atom stereocenters. The Balaban J connectivity index is 1.90. The molecule has 0 bridgehead atoms. The maximum absolute atomic E-state index is 13.4. The molecule has 28 heavy (non-hydrogen) atoms. The van der Waals surface area contributed by atoms with E-state index in [0.717, 1.165) is 25.6 Å². The number of halogens is 3. The fourth-order valence-electron chi connectivity index (χ4n) is 2.97. The summed E-state index contributed by atoms with van der Waals surface area (Å²) in [6.45, 7) is 4.85. The van der Waals surface area contributed by atoms with Crippen molar-refractivity contribution in [1.29, 1.82) is 0 Å². The zero-order chi connectivity index (χ0) is 20.4. The summed E-state index contributed by atoms with van der Waals surface area (Å²) in [5.41, 5.74) is -0.572. The Kier molecular flexibility index (Phi) is 5.95. The topological polar surface area (TPSA) is 78.9 Å². The monoisotopic (exact) mass is 413 g/mol.